The molecule has 0 aliphatic rings. The molecule has 0 fully saturated rings. The van der Waals surface area contributed by atoms with Gasteiger partial charge in [-0.3, -0.25) is 9.59 Å². The summed E-state index contributed by atoms with van der Waals surface area (Å²) < 4.78 is 6.25. The van der Waals surface area contributed by atoms with Gasteiger partial charge in [-0.05, 0) is 36.4 Å². The van der Waals surface area contributed by atoms with Crippen LogP contribution in [-0.2, 0) is 6.54 Å². The Kier molecular flexibility index (Phi) is 6.64. The number of carbonyl (C=O) groups excluding carboxylic acids is 2. The van der Waals surface area contributed by atoms with Crippen molar-refractivity contribution in [2.24, 2.45) is 0 Å². The minimum absolute atomic E-state index is 0.103. The minimum atomic E-state index is -0.484. The van der Waals surface area contributed by atoms with Crippen molar-refractivity contribution in [2.75, 3.05) is 11.1 Å². The summed E-state index contributed by atoms with van der Waals surface area (Å²) in [4.78, 5) is 30.4. The molecular weight excluding hydrogens is 494 g/mol. The molecule has 11 heteroatoms. The Labute approximate surface area is 216 Å². The lowest BCUT2D eigenvalue weighted by molar-refractivity contribution is 0.0943. The lowest BCUT2D eigenvalue weighted by Crippen LogP contribution is -2.23. The monoisotopic (exact) mass is 513 g/mol. The summed E-state index contributed by atoms with van der Waals surface area (Å²) in [7, 11) is 0. The molecule has 0 bridgehead atoms. The molecule has 0 radical (unpaired) electrons. The number of benzene rings is 2. The van der Waals surface area contributed by atoms with Crippen molar-refractivity contribution in [2.45, 2.75) is 6.54 Å². The molecular formula is C26H20ClN7O3. The molecule has 4 N–H and O–H groups in total. The van der Waals surface area contributed by atoms with Crippen LogP contribution in [0.25, 0.3) is 16.9 Å². The highest BCUT2D eigenvalue weighted by Crippen LogP contribution is 2.26. The Hall–Kier alpha value is -4.96. The Balaban J connectivity index is 1.44. The summed E-state index contributed by atoms with van der Waals surface area (Å²) >= 11 is 6.37. The number of carbonyl (C=O) groups is 2. The van der Waals surface area contributed by atoms with Gasteiger partial charge in [-0.15, -0.1) is 0 Å². The molecule has 5 rings (SSSR count). The summed E-state index contributed by atoms with van der Waals surface area (Å²) in [5.74, 6) is -0.283. The van der Waals surface area contributed by atoms with E-state index in [1.54, 1.807) is 54.6 Å². The van der Waals surface area contributed by atoms with Gasteiger partial charge in [-0.2, -0.15) is 5.10 Å². The maximum atomic E-state index is 13.3. The third kappa shape index (κ3) is 5.34. The molecule has 3 aromatic heterocycles. The zero-order chi connectivity index (χ0) is 25.8. The molecule has 0 aliphatic heterocycles. The predicted molar refractivity (Wildman–Crippen MR) is 138 cm³/mol. The molecule has 0 unspecified atom stereocenters. The number of para-hydroxylation sites is 1. The highest BCUT2D eigenvalue weighted by Gasteiger charge is 2.20. The molecule has 37 heavy (non-hydrogen) atoms. The number of aromatic nitrogens is 4. The first-order valence-electron chi connectivity index (χ1n) is 11.1. The van der Waals surface area contributed by atoms with Gasteiger partial charge in [0, 0.05) is 17.7 Å². The van der Waals surface area contributed by atoms with Crippen molar-refractivity contribution in [3.05, 3.63) is 107 Å². The number of nitrogens with zero attached hydrogens (tertiary/aromatic N) is 4. The summed E-state index contributed by atoms with van der Waals surface area (Å²) in [6.07, 6.45) is 1.42. The Morgan fingerprint density at radius 1 is 0.973 bits per heavy atom. The van der Waals surface area contributed by atoms with Crippen molar-refractivity contribution in [3.8, 4) is 16.9 Å². The lowest BCUT2D eigenvalue weighted by Gasteiger charge is -2.11. The molecule has 0 saturated heterocycles. The highest BCUT2D eigenvalue weighted by atomic mass is 35.5. The Morgan fingerprint density at radius 3 is 2.57 bits per heavy atom. The van der Waals surface area contributed by atoms with Crippen LogP contribution in [0.4, 0.5) is 11.6 Å². The number of hydrogen-bond acceptors (Lipinski definition) is 7. The highest BCUT2D eigenvalue weighted by molar-refractivity contribution is 6.34. The first kappa shape index (κ1) is 23.8. The fraction of sp³-hybridized carbons (Fsp3) is 0.0385. The average molecular weight is 514 g/mol. The number of hydrogen-bond donors (Lipinski definition) is 3. The number of nitrogens with two attached hydrogens (primary N) is 1. The normalized spacial score (nSPS) is 10.7. The van der Waals surface area contributed by atoms with E-state index in [-0.39, 0.29) is 28.6 Å². The van der Waals surface area contributed by atoms with Crippen LogP contribution in [-0.4, -0.2) is 31.7 Å². The van der Waals surface area contributed by atoms with Crippen LogP contribution in [0.1, 0.15) is 26.5 Å². The largest absolute Gasteiger partial charge is 0.384 e. The fourth-order valence-corrected chi connectivity index (χ4v) is 3.80. The van der Waals surface area contributed by atoms with Crippen LogP contribution < -0.4 is 16.4 Å². The van der Waals surface area contributed by atoms with Crippen molar-refractivity contribution in [1.82, 2.24) is 25.2 Å². The zero-order valence-corrected chi connectivity index (χ0v) is 20.0. The molecule has 0 saturated carbocycles. The third-order valence-electron chi connectivity index (χ3n) is 5.38. The van der Waals surface area contributed by atoms with Gasteiger partial charge in [0.1, 0.15) is 23.6 Å². The first-order valence-corrected chi connectivity index (χ1v) is 11.5. The van der Waals surface area contributed by atoms with E-state index in [2.05, 4.69) is 25.9 Å². The van der Waals surface area contributed by atoms with Gasteiger partial charge in [-0.1, -0.05) is 47.1 Å². The van der Waals surface area contributed by atoms with Crippen molar-refractivity contribution >= 4 is 35.1 Å². The SMILES string of the molecule is Nc1cccc(-c2ccc(Cl)c(C(=O)Nc3cc(C(=O)NCc4ccon4)nn3-c3ccccc3)c2)n1. The van der Waals surface area contributed by atoms with E-state index in [0.717, 1.165) is 0 Å². The van der Waals surface area contributed by atoms with Gasteiger partial charge in [0.15, 0.2) is 5.69 Å². The van der Waals surface area contributed by atoms with Crippen LogP contribution in [0.15, 0.2) is 89.6 Å². The van der Waals surface area contributed by atoms with Crippen molar-refractivity contribution in [3.63, 3.8) is 0 Å². The van der Waals surface area contributed by atoms with Crippen LogP contribution in [0.2, 0.25) is 5.02 Å². The molecule has 2 aromatic carbocycles. The average Bonchev–Trinajstić information content (AvgIpc) is 3.58. The Bertz CT molecular complexity index is 1570. The van der Waals surface area contributed by atoms with Crippen LogP contribution in [0, 0.1) is 0 Å². The number of halogens is 1. The Morgan fingerprint density at radius 2 is 1.81 bits per heavy atom. The van der Waals surface area contributed by atoms with E-state index in [0.29, 0.717) is 28.5 Å². The summed E-state index contributed by atoms with van der Waals surface area (Å²) in [5.41, 5.74) is 8.62. The molecule has 184 valence electrons. The minimum Gasteiger partial charge on any atom is -0.384 e. The quantitative estimate of drug-likeness (QED) is 0.294. The second kappa shape index (κ2) is 10.3. The molecule has 0 spiro atoms. The molecule has 2 amide bonds. The third-order valence-corrected chi connectivity index (χ3v) is 5.71. The fourth-order valence-electron chi connectivity index (χ4n) is 3.59. The van der Waals surface area contributed by atoms with Crippen LogP contribution in [0.5, 0.6) is 0 Å². The number of nitrogens with one attached hydrogen (secondary N) is 2. The number of amides is 2. The van der Waals surface area contributed by atoms with E-state index >= 15 is 0 Å². The maximum absolute atomic E-state index is 13.3. The number of rotatable bonds is 7. The summed E-state index contributed by atoms with van der Waals surface area (Å²) in [6.45, 7) is 0.162. The number of anilines is 2. The van der Waals surface area contributed by atoms with Gasteiger partial charge in [0.2, 0.25) is 0 Å². The van der Waals surface area contributed by atoms with E-state index < -0.39 is 11.8 Å². The van der Waals surface area contributed by atoms with Gasteiger partial charge >= 0.3 is 0 Å². The molecule has 10 nitrogen and oxygen atoms in total. The van der Waals surface area contributed by atoms with E-state index in [1.807, 2.05) is 18.2 Å². The zero-order valence-electron chi connectivity index (χ0n) is 19.3. The van der Waals surface area contributed by atoms with Gasteiger partial charge in [0.25, 0.3) is 11.8 Å². The summed E-state index contributed by atoms with van der Waals surface area (Å²) in [6, 6.07) is 22.5. The molecule has 3 heterocycles. The maximum Gasteiger partial charge on any atom is 0.272 e. The predicted octanol–water partition coefficient (Wildman–Crippen LogP) is 4.34. The molecule has 0 atom stereocenters. The van der Waals surface area contributed by atoms with Gasteiger partial charge in [-0.25, -0.2) is 9.67 Å². The van der Waals surface area contributed by atoms with Crippen LogP contribution >= 0.6 is 11.6 Å². The standard InChI is InChI=1S/C26H20ClN7O3/c27-20-10-9-16(21-7-4-8-23(28)30-21)13-19(20)25(35)31-24-14-22(26(36)29-15-17-11-12-37-33-17)32-34(24)18-5-2-1-3-6-18/h1-14H,15H2,(H2,28,30)(H,29,36)(H,31,35). The topological polar surface area (TPSA) is 141 Å². The molecule has 0 aliphatic carbocycles. The van der Waals surface area contributed by atoms with E-state index in [1.165, 1.54) is 17.0 Å². The number of pyridine rings is 1. The first-order chi connectivity index (χ1) is 18.0. The second-order valence-electron chi connectivity index (χ2n) is 7.93. The van der Waals surface area contributed by atoms with Crippen molar-refractivity contribution < 1.29 is 14.1 Å². The summed E-state index contributed by atoms with van der Waals surface area (Å²) in [5, 5.41) is 14.0. The van der Waals surface area contributed by atoms with E-state index in [9.17, 15) is 9.59 Å². The van der Waals surface area contributed by atoms with Crippen LogP contribution in [0.3, 0.4) is 0 Å². The van der Waals surface area contributed by atoms with Crippen molar-refractivity contribution in [1.29, 1.82) is 0 Å². The second-order valence-corrected chi connectivity index (χ2v) is 8.34. The lowest BCUT2D eigenvalue weighted by atomic mass is 10.1. The smallest absolute Gasteiger partial charge is 0.272 e. The van der Waals surface area contributed by atoms with E-state index in [4.69, 9.17) is 21.9 Å². The number of nitrogen functional groups attached to an aromatic ring is 1. The van der Waals surface area contributed by atoms with Gasteiger partial charge in [0.05, 0.1) is 28.5 Å². The molecule has 5 aromatic rings. The van der Waals surface area contributed by atoms with Gasteiger partial charge < -0.3 is 20.9 Å².